The van der Waals surface area contributed by atoms with Gasteiger partial charge in [0.25, 0.3) is 0 Å². The number of hydrogen-bond acceptors (Lipinski definition) is 4. The lowest BCUT2D eigenvalue weighted by atomic mass is 10.1. The first kappa shape index (κ1) is 14.6. The van der Waals surface area contributed by atoms with Crippen molar-refractivity contribution in [2.24, 2.45) is 0 Å². The molecule has 2 amide bonds. The zero-order valence-electron chi connectivity index (χ0n) is 12.6. The summed E-state index contributed by atoms with van der Waals surface area (Å²) in [5.41, 5.74) is 2.69. The first-order chi connectivity index (χ1) is 10.7. The monoisotopic (exact) mass is 301 g/mol. The molecule has 2 heterocycles. The lowest BCUT2D eigenvalue weighted by Crippen LogP contribution is -2.48. The van der Waals surface area contributed by atoms with Crippen molar-refractivity contribution in [1.82, 2.24) is 14.8 Å². The molecule has 1 aromatic heterocycles. The average molecular weight is 301 g/mol. The standard InChI is InChI=1S/C16H19N3O3/c1-12-17-14-10-13(2-4-15(14)22-12)3-5-16(21)19-8-6-18(11-20)7-9-19/h2,4,10-11H,3,5-9H2,1H3. The van der Waals surface area contributed by atoms with Crippen molar-refractivity contribution in [3.05, 3.63) is 29.7 Å². The maximum Gasteiger partial charge on any atom is 0.223 e. The summed E-state index contributed by atoms with van der Waals surface area (Å²) in [4.78, 5) is 30.7. The Morgan fingerprint density at radius 1 is 1.32 bits per heavy atom. The number of aryl methyl sites for hydroxylation is 2. The number of oxazole rings is 1. The third kappa shape index (κ3) is 3.10. The Balaban J connectivity index is 1.56. The van der Waals surface area contributed by atoms with E-state index < -0.39 is 0 Å². The molecule has 1 fully saturated rings. The van der Waals surface area contributed by atoms with Crippen LogP contribution in [0.3, 0.4) is 0 Å². The fourth-order valence-electron chi connectivity index (χ4n) is 2.73. The second-order valence-corrected chi connectivity index (χ2v) is 5.56. The van der Waals surface area contributed by atoms with Gasteiger partial charge in [-0.15, -0.1) is 0 Å². The number of aromatic nitrogens is 1. The van der Waals surface area contributed by atoms with Crippen molar-refractivity contribution in [3.63, 3.8) is 0 Å². The van der Waals surface area contributed by atoms with Crippen molar-refractivity contribution in [2.75, 3.05) is 26.2 Å². The number of piperazine rings is 1. The van der Waals surface area contributed by atoms with Gasteiger partial charge in [0.2, 0.25) is 12.3 Å². The van der Waals surface area contributed by atoms with Gasteiger partial charge in [-0.3, -0.25) is 9.59 Å². The molecule has 2 aromatic rings. The van der Waals surface area contributed by atoms with Gasteiger partial charge >= 0.3 is 0 Å². The highest BCUT2D eigenvalue weighted by atomic mass is 16.3. The summed E-state index contributed by atoms with van der Waals surface area (Å²) in [5.74, 6) is 0.790. The number of benzene rings is 1. The van der Waals surface area contributed by atoms with E-state index in [9.17, 15) is 9.59 Å². The topological polar surface area (TPSA) is 66.7 Å². The van der Waals surface area contributed by atoms with E-state index in [0.29, 0.717) is 44.9 Å². The Hall–Kier alpha value is -2.37. The predicted molar refractivity (Wildman–Crippen MR) is 81.3 cm³/mol. The number of rotatable bonds is 4. The summed E-state index contributed by atoms with van der Waals surface area (Å²) in [7, 11) is 0. The van der Waals surface area contributed by atoms with E-state index in [0.717, 1.165) is 23.1 Å². The van der Waals surface area contributed by atoms with Crippen LogP contribution < -0.4 is 0 Å². The predicted octanol–water partition coefficient (Wildman–Crippen LogP) is 1.37. The van der Waals surface area contributed by atoms with Crippen LogP contribution in [0.2, 0.25) is 0 Å². The Labute approximate surface area is 128 Å². The lowest BCUT2D eigenvalue weighted by Gasteiger charge is -2.32. The molecular weight excluding hydrogens is 282 g/mol. The van der Waals surface area contributed by atoms with Crippen LogP contribution >= 0.6 is 0 Å². The number of carbonyl (C=O) groups is 2. The van der Waals surface area contributed by atoms with Gasteiger partial charge in [-0.25, -0.2) is 4.98 Å². The Morgan fingerprint density at radius 2 is 2.09 bits per heavy atom. The van der Waals surface area contributed by atoms with Crippen LogP contribution in [0.1, 0.15) is 17.9 Å². The summed E-state index contributed by atoms with van der Waals surface area (Å²) < 4.78 is 5.44. The number of nitrogens with zero attached hydrogens (tertiary/aromatic N) is 3. The molecule has 0 spiro atoms. The first-order valence-corrected chi connectivity index (χ1v) is 7.49. The summed E-state index contributed by atoms with van der Waals surface area (Å²) >= 11 is 0. The van der Waals surface area contributed by atoms with Gasteiger partial charge in [0, 0.05) is 39.5 Å². The molecule has 1 aliphatic heterocycles. The Bertz CT molecular complexity index is 687. The fourth-order valence-corrected chi connectivity index (χ4v) is 2.73. The average Bonchev–Trinajstić information content (AvgIpc) is 2.92. The zero-order valence-corrected chi connectivity index (χ0v) is 12.6. The van der Waals surface area contributed by atoms with Crippen molar-refractivity contribution >= 4 is 23.4 Å². The van der Waals surface area contributed by atoms with Crippen LogP contribution in [0.15, 0.2) is 22.6 Å². The highest BCUT2D eigenvalue weighted by Gasteiger charge is 2.19. The molecule has 0 N–H and O–H groups in total. The molecule has 1 aliphatic rings. The molecule has 0 atom stereocenters. The van der Waals surface area contributed by atoms with Crippen LogP contribution in [-0.4, -0.2) is 53.3 Å². The molecule has 1 aromatic carbocycles. The van der Waals surface area contributed by atoms with Gasteiger partial charge in [-0.2, -0.15) is 0 Å². The van der Waals surface area contributed by atoms with E-state index >= 15 is 0 Å². The van der Waals surface area contributed by atoms with E-state index in [1.165, 1.54) is 0 Å². The van der Waals surface area contributed by atoms with Crippen molar-refractivity contribution in [1.29, 1.82) is 0 Å². The Morgan fingerprint density at radius 3 is 2.82 bits per heavy atom. The largest absolute Gasteiger partial charge is 0.441 e. The van der Waals surface area contributed by atoms with Crippen molar-refractivity contribution < 1.29 is 14.0 Å². The molecule has 22 heavy (non-hydrogen) atoms. The summed E-state index contributed by atoms with van der Waals surface area (Å²) in [6.07, 6.45) is 2.01. The van der Waals surface area contributed by atoms with Crippen LogP contribution in [-0.2, 0) is 16.0 Å². The van der Waals surface area contributed by atoms with Gasteiger partial charge in [0.1, 0.15) is 5.52 Å². The molecule has 0 radical (unpaired) electrons. The molecule has 3 rings (SSSR count). The molecule has 0 aliphatic carbocycles. The maximum absolute atomic E-state index is 12.2. The van der Waals surface area contributed by atoms with Crippen LogP contribution in [0.5, 0.6) is 0 Å². The zero-order chi connectivity index (χ0) is 15.5. The minimum Gasteiger partial charge on any atom is -0.441 e. The molecule has 6 nitrogen and oxygen atoms in total. The number of hydrogen-bond donors (Lipinski definition) is 0. The Kier molecular flexibility index (Phi) is 4.09. The second-order valence-electron chi connectivity index (χ2n) is 5.56. The molecule has 116 valence electrons. The normalized spacial score (nSPS) is 15.3. The molecule has 0 unspecified atom stereocenters. The van der Waals surface area contributed by atoms with Gasteiger partial charge in [-0.05, 0) is 24.1 Å². The lowest BCUT2D eigenvalue weighted by molar-refractivity contribution is -0.135. The van der Waals surface area contributed by atoms with Crippen molar-refractivity contribution in [3.8, 4) is 0 Å². The smallest absolute Gasteiger partial charge is 0.223 e. The van der Waals surface area contributed by atoms with Crippen LogP contribution in [0, 0.1) is 6.92 Å². The van der Waals surface area contributed by atoms with Crippen molar-refractivity contribution in [2.45, 2.75) is 19.8 Å². The van der Waals surface area contributed by atoms with Gasteiger partial charge in [0.15, 0.2) is 11.5 Å². The second kappa shape index (κ2) is 6.17. The number of fused-ring (bicyclic) bond motifs is 1. The van der Waals surface area contributed by atoms with Gasteiger partial charge < -0.3 is 14.2 Å². The minimum atomic E-state index is 0.141. The summed E-state index contributed by atoms with van der Waals surface area (Å²) in [6.45, 7) is 4.32. The SMILES string of the molecule is Cc1nc2cc(CCC(=O)N3CCN(C=O)CC3)ccc2o1. The third-order valence-corrected chi connectivity index (χ3v) is 4.00. The first-order valence-electron chi connectivity index (χ1n) is 7.49. The van der Waals surface area contributed by atoms with E-state index in [1.54, 1.807) is 4.90 Å². The molecule has 0 bridgehead atoms. The summed E-state index contributed by atoms with van der Waals surface area (Å²) in [6, 6.07) is 5.85. The van der Waals surface area contributed by atoms with E-state index in [-0.39, 0.29) is 5.91 Å². The number of carbonyl (C=O) groups excluding carboxylic acids is 2. The third-order valence-electron chi connectivity index (χ3n) is 4.00. The highest BCUT2D eigenvalue weighted by Crippen LogP contribution is 2.18. The fraction of sp³-hybridized carbons (Fsp3) is 0.438. The molecule has 6 heteroatoms. The van der Waals surface area contributed by atoms with E-state index in [4.69, 9.17) is 4.42 Å². The molecule has 1 saturated heterocycles. The summed E-state index contributed by atoms with van der Waals surface area (Å²) in [5, 5.41) is 0. The van der Waals surface area contributed by atoms with Gasteiger partial charge in [0.05, 0.1) is 0 Å². The van der Waals surface area contributed by atoms with E-state index in [2.05, 4.69) is 4.98 Å². The quantitative estimate of drug-likeness (QED) is 0.800. The molecular formula is C16H19N3O3. The van der Waals surface area contributed by atoms with Gasteiger partial charge in [-0.1, -0.05) is 6.07 Å². The van der Waals surface area contributed by atoms with Crippen LogP contribution in [0.4, 0.5) is 0 Å². The highest BCUT2D eigenvalue weighted by molar-refractivity contribution is 5.77. The van der Waals surface area contributed by atoms with Crippen LogP contribution in [0.25, 0.3) is 11.1 Å². The van der Waals surface area contributed by atoms with E-state index in [1.807, 2.05) is 30.0 Å². The minimum absolute atomic E-state index is 0.141. The molecule has 0 saturated carbocycles. The number of amides is 2. The maximum atomic E-state index is 12.2.